The number of hydrogen-bond donors (Lipinski definition) is 0. The Kier molecular flexibility index (Phi) is 6.67. The van der Waals surface area contributed by atoms with Crippen LogP contribution < -0.4 is 0 Å². The van der Waals surface area contributed by atoms with E-state index >= 15 is 0 Å². The lowest BCUT2D eigenvalue weighted by Gasteiger charge is -2.18. The van der Waals surface area contributed by atoms with E-state index in [1.807, 2.05) is 0 Å². The van der Waals surface area contributed by atoms with Crippen LogP contribution in [-0.4, -0.2) is 9.13 Å². The quantitative estimate of drug-likeness (QED) is 0.178. The number of hydrogen-bond acceptors (Lipinski definition) is 0. The molecule has 9 aromatic rings. The third kappa shape index (κ3) is 4.64. The predicted octanol–water partition coefficient (Wildman–Crippen LogP) is 12.9. The average molecular weight is 639 g/mol. The molecule has 0 radical (unpaired) electrons. The molecule has 1 aliphatic carbocycles. The molecular weight excluding hydrogens is 605 g/mol. The first-order valence-corrected chi connectivity index (χ1v) is 17.5. The molecular formula is C48H34N2. The molecule has 7 aromatic carbocycles. The molecule has 50 heavy (non-hydrogen) atoms. The molecule has 2 nitrogen and oxygen atoms in total. The molecule has 1 atom stereocenters. The fourth-order valence-electron chi connectivity index (χ4n) is 8.02. The summed E-state index contributed by atoms with van der Waals surface area (Å²) in [6, 6.07) is 60.3. The Morgan fingerprint density at radius 1 is 0.380 bits per heavy atom. The standard InChI is InChI=1S/C48H34N2/c1-4-12-33(13-5-1)35-20-25-40(26-21-35)50-45-19-11-10-18-41(45)42-31-37(23-28-46(42)50)38-24-29-48-44(32-38)43-30-36(34-14-6-2-7-15-34)22-27-47(43)49(48)39-16-8-3-9-17-39/h1-16,18-32,39H,17H2. The summed E-state index contributed by atoms with van der Waals surface area (Å²) in [7, 11) is 0. The van der Waals surface area contributed by atoms with Gasteiger partial charge in [0.25, 0.3) is 0 Å². The highest BCUT2D eigenvalue weighted by Gasteiger charge is 2.19. The zero-order valence-corrected chi connectivity index (χ0v) is 27.6. The lowest BCUT2D eigenvalue weighted by molar-refractivity contribution is 0.648. The maximum absolute atomic E-state index is 2.53. The van der Waals surface area contributed by atoms with Crippen LogP contribution in [-0.2, 0) is 0 Å². The van der Waals surface area contributed by atoms with Crippen molar-refractivity contribution in [1.29, 1.82) is 0 Å². The molecule has 0 aliphatic heterocycles. The van der Waals surface area contributed by atoms with Gasteiger partial charge in [0, 0.05) is 38.3 Å². The second-order valence-electron chi connectivity index (χ2n) is 13.3. The van der Waals surface area contributed by atoms with Crippen LogP contribution in [0.15, 0.2) is 188 Å². The second kappa shape index (κ2) is 11.6. The first-order valence-electron chi connectivity index (χ1n) is 17.5. The van der Waals surface area contributed by atoms with E-state index in [-0.39, 0.29) is 6.04 Å². The number of aromatic nitrogens is 2. The summed E-state index contributed by atoms with van der Waals surface area (Å²) in [6.45, 7) is 0. The fraction of sp³-hybridized carbons (Fsp3) is 0.0417. The molecule has 0 amide bonds. The molecule has 0 bridgehead atoms. The average Bonchev–Trinajstić information content (AvgIpc) is 3.71. The number of benzene rings is 7. The Morgan fingerprint density at radius 2 is 0.860 bits per heavy atom. The topological polar surface area (TPSA) is 9.86 Å². The van der Waals surface area contributed by atoms with Crippen LogP contribution in [0.4, 0.5) is 0 Å². The molecule has 2 heterocycles. The van der Waals surface area contributed by atoms with E-state index in [0.717, 1.165) is 6.42 Å². The van der Waals surface area contributed by atoms with Gasteiger partial charge in [-0.1, -0.05) is 133 Å². The highest BCUT2D eigenvalue weighted by atomic mass is 15.0. The third-order valence-electron chi connectivity index (χ3n) is 10.4. The van der Waals surface area contributed by atoms with Crippen molar-refractivity contribution in [2.24, 2.45) is 0 Å². The van der Waals surface area contributed by atoms with Gasteiger partial charge in [0.2, 0.25) is 0 Å². The summed E-state index contributed by atoms with van der Waals surface area (Å²) >= 11 is 0. The van der Waals surface area contributed by atoms with Crippen molar-refractivity contribution >= 4 is 43.6 Å². The van der Waals surface area contributed by atoms with Gasteiger partial charge in [0.05, 0.1) is 17.1 Å². The minimum atomic E-state index is 0.290. The van der Waals surface area contributed by atoms with E-state index < -0.39 is 0 Å². The monoisotopic (exact) mass is 638 g/mol. The lowest BCUT2D eigenvalue weighted by Crippen LogP contribution is -2.06. The number of rotatable bonds is 5. The minimum absolute atomic E-state index is 0.290. The molecule has 1 unspecified atom stereocenters. The number of para-hydroxylation sites is 1. The molecule has 0 fully saturated rings. The van der Waals surface area contributed by atoms with Gasteiger partial charge in [-0.05, 0) is 94.4 Å². The van der Waals surface area contributed by atoms with E-state index in [2.05, 4.69) is 197 Å². The van der Waals surface area contributed by atoms with Gasteiger partial charge >= 0.3 is 0 Å². The second-order valence-corrected chi connectivity index (χ2v) is 13.3. The van der Waals surface area contributed by atoms with Gasteiger partial charge in [-0.25, -0.2) is 0 Å². The maximum atomic E-state index is 2.53. The Hall–Kier alpha value is -6.38. The number of nitrogens with zero attached hydrogens (tertiary/aromatic N) is 2. The zero-order chi connectivity index (χ0) is 33.0. The lowest BCUT2D eigenvalue weighted by atomic mass is 9.99. The highest BCUT2D eigenvalue weighted by Crippen LogP contribution is 2.40. The summed E-state index contributed by atoms with van der Waals surface area (Å²) in [5.74, 6) is 0. The first-order chi connectivity index (χ1) is 24.8. The highest BCUT2D eigenvalue weighted by molar-refractivity contribution is 6.13. The fourth-order valence-corrected chi connectivity index (χ4v) is 8.02. The minimum Gasteiger partial charge on any atom is -0.333 e. The molecule has 0 saturated carbocycles. The van der Waals surface area contributed by atoms with E-state index in [1.54, 1.807) is 0 Å². The molecule has 1 aliphatic rings. The number of allylic oxidation sites excluding steroid dienone is 4. The van der Waals surface area contributed by atoms with Gasteiger partial charge < -0.3 is 9.13 Å². The van der Waals surface area contributed by atoms with Gasteiger partial charge in [-0.2, -0.15) is 0 Å². The van der Waals surface area contributed by atoms with E-state index in [0.29, 0.717) is 0 Å². The number of fused-ring (bicyclic) bond motifs is 6. The van der Waals surface area contributed by atoms with Crippen LogP contribution in [0.3, 0.4) is 0 Å². The molecule has 0 spiro atoms. The van der Waals surface area contributed by atoms with E-state index in [4.69, 9.17) is 0 Å². The van der Waals surface area contributed by atoms with Crippen molar-refractivity contribution in [3.63, 3.8) is 0 Å². The van der Waals surface area contributed by atoms with Crippen molar-refractivity contribution in [2.45, 2.75) is 12.5 Å². The third-order valence-corrected chi connectivity index (χ3v) is 10.4. The first kappa shape index (κ1) is 28.6. The van der Waals surface area contributed by atoms with E-state index in [9.17, 15) is 0 Å². The molecule has 0 N–H and O–H groups in total. The molecule has 2 heteroatoms. The van der Waals surface area contributed by atoms with Crippen LogP contribution in [0.2, 0.25) is 0 Å². The summed E-state index contributed by atoms with van der Waals surface area (Å²) in [5, 5.41) is 5.11. The van der Waals surface area contributed by atoms with Gasteiger partial charge in [0.1, 0.15) is 0 Å². The molecule has 0 saturated heterocycles. The van der Waals surface area contributed by atoms with Crippen molar-refractivity contribution in [3.05, 3.63) is 188 Å². The van der Waals surface area contributed by atoms with Gasteiger partial charge in [-0.15, -0.1) is 0 Å². The van der Waals surface area contributed by atoms with Gasteiger partial charge in [0.15, 0.2) is 0 Å². The summed E-state index contributed by atoms with van der Waals surface area (Å²) in [4.78, 5) is 0. The molecule has 10 rings (SSSR count). The van der Waals surface area contributed by atoms with Crippen molar-refractivity contribution < 1.29 is 0 Å². The van der Waals surface area contributed by atoms with Crippen LogP contribution in [0, 0.1) is 0 Å². The zero-order valence-electron chi connectivity index (χ0n) is 27.6. The summed E-state index contributed by atoms with van der Waals surface area (Å²) < 4.78 is 4.93. The maximum Gasteiger partial charge on any atom is 0.0560 e. The molecule has 236 valence electrons. The Labute approximate surface area is 291 Å². The Bertz CT molecular complexity index is 2760. The summed E-state index contributed by atoms with van der Waals surface area (Å²) in [6.07, 6.45) is 9.94. The normalized spacial score (nSPS) is 14.4. The van der Waals surface area contributed by atoms with Crippen molar-refractivity contribution in [2.75, 3.05) is 0 Å². The van der Waals surface area contributed by atoms with E-state index in [1.165, 1.54) is 82.7 Å². The van der Waals surface area contributed by atoms with Crippen molar-refractivity contribution in [1.82, 2.24) is 9.13 Å². The summed E-state index contributed by atoms with van der Waals surface area (Å²) in [5.41, 5.74) is 13.5. The predicted molar refractivity (Wildman–Crippen MR) is 212 cm³/mol. The molecule has 2 aromatic heterocycles. The van der Waals surface area contributed by atoms with Crippen LogP contribution in [0.1, 0.15) is 12.5 Å². The SMILES string of the molecule is C1=CCC(n2c3ccc(-c4ccccc4)cc3c3cc(-c4ccc5c(c4)c4ccccc4n5-c4ccc(-c5ccccc5)cc4)ccc32)C=C1. The van der Waals surface area contributed by atoms with Gasteiger partial charge in [-0.3, -0.25) is 0 Å². The smallest absolute Gasteiger partial charge is 0.0560 e. The Balaban J connectivity index is 1.13. The van der Waals surface area contributed by atoms with Crippen LogP contribution in [0.5, 0.6) is 0 Å². The van der Waals surface area contributed by atoms with Crippen LogP contribution >= 0.6 is 0 Å². The van der Waals surface area contributed by atoms with Crippen molar-refractivity contribution in [3.8, 4) is 39.1 Å². The Morgan fingerprint density at radius 3 is 1.48 bits per heavy atom. The van der Waals surface area contributed by atoms with Crippen LogP contribution in [0.25, 0.3) is 82.7 Å². The largest absolute Gasteiger partial charge is 0.333 e.